The number of esters is 1. The quantitative estimate of drug-likeness (QED) is 0.673. The lowest BCUT2D eigenvalue weighted by atomic mass is 10.1. The first kappa shape index (κ1) is 18.3. The second-order valence-electron chi connectivity index (χ2n) is 5.85. The number of fused-ring (bicyclic) bond motifs is 1. The van der Waals surface area contributed by atoms with Crippen molar-refractivity contribution in [1.82, 2.24) is 0 Å². The first-order valence-electron chi connectivity index (χ1n) is 7.63. The van der Waals surface area contributed by atoms with Gasteiger partial charge in [0.1, 0.15) is 15.6 Å². The summed E-state index contributed by atoms with van der Waals surface area (Å²) in [5.41, 5.74) is 2.09. The molecule has 8 heteroatoms. The summed E-state index contributed by atoms with van der Waals surface area (Å²) in [6.45, 7) is 3.68. The summed E-state index contributed by atoms with van der Waals surface area (Å²) < 4.78 is 47.9. The van der Waals surface area contributed by atoms with E-state index < -0.39 is 26.7 Å². The lowest BCUT2D eigenvalue weighted by Crippen LogP contribution is -2.16. The number of methoxy groups -OCH3 is 1. The highest BCUT2D eigenvalue weighted by molar-refractivity contribution is 7.93. The van der Waals surface area contributed by atoms with Gasteiger partial charge in [0.2, 0.25) is 0 Å². The van der Waals surface area contributed by atoms with Crippen LogP contribution in [0.15, 0.2) is 41.3 Å². The Morgan fingerprint density at radius 2 is 1.81 bits per heavy atom. The van der Waals surface area contributed by atoms with Gasteiger partial charge in [0, 0.05) is 15.8 Å². The van der Waals surface area contributed by atoms with Gasteiger partial charge in [-0.05, 0) is 49.2 Å². The SMILES string of the molecule is COC(=O)c1sc2cccc(F)c2c1S(=O)(=O)Nc1cc(C)cc(C)c1. The van der Waals surface area contributed by atoms with Crippen molar-refractivity contribution in [2.45, 2.75) is 18.7 Å². The van der Waals surface area contributed by atoms with E-state index in [1.807, 2.05) is 19.9 Å². The molecular weight excluding hydrogens is 377 g/mol. The highest BCUT2D eigenvalue weighted by Gasteiger charge is 2.30. The lowest BCUT2D eigenvalue weighted by molar-refractivity contribution is 0.0602. The fourth-order valence-electron chi connectivity index (χ4n) is 2.80. The number of thiophene rings is 1. The van der Waals surface area contributed by atoms with Crippen molar-refractivity contribution in [1.29, 1.82) is 0 Å². The molecule has 3 rings (SSSR count). The van der Waals surface area contributed by atoms with Crippen molar-refractivity contribution in [3.8, 4) is 0 Å². The molecule has 0 fully saturated rings. The molecule has 0 bridgehead atoms. The van der Waals surface area contributed by atoms with Gasteiger partial charge in [-0.25, -0.2) is 17.6 Å². The predicted octanol–water partition coefficient (Wildman–Crippen LogP) is 4.24. The first-order chi connectivity index (χ1) is 12.2. The Balaban J connectivity index is 2.23. The Morgan fingerprint density at radius 3 is 2.42 bits per heavy atom. The Labute approximate surface area is 154 Å². The number of halogens is 1. The molecule has 2 aromatic carbocycles. The minimum Gasteiger partial charge on any atom is -0.465 e. The van der Waals surface area contributed by atoms with Gasteiger partial charge < -0.3 is 4.74 Å². The summed E-state index contributed by atoms with van der Waals surface area (Å²) in [5, 5.41) is -0.116. The van der Waals surface area contributed by atoms with Gasteiger partial charge in [0.15, 0.2) is 0 Å². The molecule has 3 aromatic rings. The van der Waals surface area contributed by atoms with E-state index in [2.05, 4.69) is 9.46 Å². The van der Waals surface area contributed by atoms with Gasteiger partial charge in [0.25, 0.3) is 10.0 Å². The fraction of sp³-hybridized carbons (Fsp3) is 0.167. The highest BCUT2D eigenvalue weighted by atomic mass is 32.2. The highest BCUT2D eigenvalue weighted by Crippen LogP contribution is 2.37. The van der Waals surface area contributed by atoms with E-state index in [1.54, 1.807) is 18.2 Å². The second-order valence-corrected chi connectivity index (χ2v) is 8.52. The van der Waals surface area contributed by atoms with Crippen LogP contribution in [0.5, 0.6) is 0 Å². The van der Waals surface area contributed by atoms with Crippen LogP contribution in [0.2, 0.25) is 0 Å². The Hall–Kier alpha value is -2.45. The number of hydrogen-bond acceptors (Lipinski definition) is 5. The van der Waals surface area contributed by atoms with Gasteiger partial charge in [-0.2, -0.15) is 0 Å². The number of carbonyl (C=O) groups is 1. The standard InChI is InChI=1S/C18H16FNO4S2/c1-10-7-11(2)9-12(8-10)20-26(22,23)17-15-13(19)5-4-6-14(15)25-16(17)18(21)24-3/h4-9,20H,1-3H3. The molecule has 0 aliphatic carbocycles. The monoisotopic (exact) mass is 393 g/mol. The van der Waals surface area contributed by atoms with Crippen molar-refractivity contribution in [3.63, 3.8) is 0 Å². The number of benzene rings is 2. The van der Waals surface area contributed by atoms with Crippen molar-refractivity contribution < 1.29 is 22.3 Å². The largest absolute Gasteiger partial charge is 0.465 e. The molecular formula is C18H16FNO4S2. The summed E-state index contributed by atoms with van der Waals surface area (Å²) in [7, 11) is -3.07. The molecule has 136 valence electrons. The first-order valence-corrected chi connectivity index (χ1v) is 9.93. The summed E-state index contributed by atoms with van der Waals surface area (Å²) in [6, 6.07) is 9.40. The fourth-order valence-corrected chi connectivity index (χ4v) is 5.68. The topological polar surface area (TPSA) is 72.5 Å². The Bertz CT molecular complexity index is 1100. The molecule has 0 spiro atoms. The molecule has 0 radical (unpaired) electrons. The van der Waals surface area contributed by atoms with Crippen molar-refractivity contribution >= 4 is 43.1 Å². The summed E-state index contributed by atoms with van der Waals surface area (Å²) >= 11 is 0.881. The van der Waals surface area contributed by atoms with E-state index in [1.165, 1.54) is 6.07 Å². The van der Waals surface area contributed by atoms with E-state index in [0.29, 0.717) is 10.4 Å². The van der Waals surface area contributed by atoms with Crippen molar-refractivity contribution in [2.24, 2.45) is 0 Å². The van der Waals surface area contributed by atoms with Crippen LogP contribution >= 0.6 is 11.3 Å². The maximum Gasteiger partial charge on any atom is 0.349 e. The normalized spacial score (nSPS) is 11.5. The van der Waals surface area contributed by atoms with Crippen LogP contribution in [-0.4, -0.2) is 21.5 Å². The number of ether oxygens (including phenoxy) is 1. The van der Waals surface area contributed by atoms with Crippen LogP contribution in [0.3, 0.4) is 0 Å². The van der Waals surface area contributed by atoms with Crippen molar-refractivity contribution in [3.05, 3.63) is 58.2 Å². The average Bonchev–Trinajstić information content (AvgIpc) is 2.94. The minimum absolute atomic E-state index is 0.116. The van der Waals surface area contributed by atoms with E-state index in [9.17, 15) is 17.6 Å². The summed E-state index contributed by atoms with van der Waals surface area (Å²) in [4.78, 5) is 11.5. The molecule has 0 atom stereocenters. The average molecular weight is 393 g/mol. The molecule has 26 heavy (non-hydrogen) atoms. The summed E-state index contributed by atoms with van der Waals surface area (Å²) in [5.74, 6) is -1.54. The van der Waals surface area contributed by atoms with Gasteiger partial charge in [0.05, 0.1) is 7.11 Å². The van der Waals surface area contributed by atoms with Crippen LogP contribution in [0.1, 0.15) is 20.8 Å². The molecule has 0 saturated heterocycles. The van der Waals surface area contributed by atoms with Gasteiger partial charge in [-0.1, -0.05) is 12.1 Å². The molecule has 0 saturated carbocycles. The predicted molar refractivity (Wildman–Crippen MR) is 99.8 cm³/mol. The Morgan fingerprint density at radius 1 is 1.15 bits per heavy atom. The van der Waals surface area contributed by atoms with Crippen LogP contribution in [0, 0.1) is 19.7 Å². The third-order valence-electron chi connectivity index (χ3n) is 3.73. The number of anilines is 1. The smallest absolute Gasteiger partial charge is 0.349 e. The Kier molecular flexibility index (Phi) is 4.72. The maximum atomic E-state index is 14.4. The summed E-state index contributed by atoms with van der Waals surface area (Å²) in [6.07, 6.45) is 0. The van der Waals surface area contributed by atoms with Crippen LogP contribution in [-0.2, 0) is 14.8 Å². The van der Waals surface area contributed by atoms with E-state index >= 15 is 0 Å². The molecule has 1 aromatic heterocycles. The van der Waals surface area contributed by atoms with Gasteiger partial charge in [-0.3, -0.25) is 4.72 Å². The van der Waals surface area contributed by atoms with Gasteiger partial charge in [-0.15, -0.1) is 11.3 Å². The third-order valence-corrected chi connectivity index (χ3v) is 6.45. The lowest BCUT2D eigenvalue weighted by Gasteiger charge is -2.11. The molecule has 1 heterocycles. The maximum absolute atomic E-state index is 14.4. The van der Waals surface area contributed by atoms with Crippen LogP contribution < -0.4 is 4.72 Å². The second kappa shape index (κ2) is 6.69. The number of carbonyl (C=O) groups excluding carboxylic acids is 1. The zero-order chi connectivity index (χ0) is 19.1. The van der Waals surface area contributed by atoms with Crippen LogP contribution in [0.4, 0.5) is 10.1 Å². The molecule has 0 aliphatic heterocycles. The zero-order valence-corrected chi connectivity index (χ0v) is 15.9. The minimum atomic E-state index is -4.22. The van der Waals surface area contributed by atoms with E-state index in [0.717, 1.165) is 35.6 Å². The van der Waals surface area contributed by atoms with E-state index in [4.69, 9.17) is 0 Å². The number of sulfonamides is 1. The number of aryl methyl sites for hydroxylation is 2. The number of rotatable bonds is 4. The van der Waals surface area contributed by atoms with E-state index in [-0.39, 0.29) is 10.3 Å². The molecule has 5 nitrogen and oxygen atoms in total. The molecule has 0 unspecified atom stereocenters. The number of nitrogens with one attached hydrogen (secondary N) is 1. The van der Waals surface area contributed by atoms with Gasteiger partial charge >= 0.3 is 5.97 Å². The third kappa shape index (κ3) is 3.30. The van der Waals surface area contributed by atoms with Crippen LogP contribution in [0.25, 0.3) is 10.1 Å². The number of hydrogen-bond donors (Lipinski definition) is 1. The molecule has 0 aliphatic rings. The molecule has 0 amide bonds. The molecule has 1 N–H and O–H groups in total. The van der Waals surface area contributed by atoms with Crippen molar-refractivity contribution in [2.75, 3.05) is 11.8 Å². The zero-order valence-electron chi connectivity index (χ0n) is 14.3.